The molecule has 0 bridgehead atoms. The van der Waals surface area contributed by atoms with Gasteiger partial charge < -0.3 is 24.8 Å². The Hall–Kier alpha value is -3.88. The first kappa shape index (κ1) is 27.7. The van der Waals surface area contributed by atoms with Crippen molar-refractivity contribution in [2.24, 2.45) is 0 Å². The summed E-state index contributed by atoms with van der Waals surface area (Å²) >= 11 is 0. The average molecular weight is 545 g/mol. The normalized spacial score (nSPS) is 17.6. The minimum absolute atomic E-state index is 0.218. The summed E-state index contributed by atoms with van der Waals surface area (Å²) in [5.41, 5.74) is 4.46. The lowest BCUT2D eigenvalue weighted by Crippen LogP contribution is -2.32. The van der Waals surface area contributed by atoms with Crippen LogP contribution in [0.5, 0.6) is 5.75 Å². The predicted molar refractivity (Wildman–Crippen MR) is 158 cm³/mol. The van der Waals surface area contributed by atoms with Crippen molar-refractivity contribution in [2.45, 2.75) is 44.4 Å². The number of aromatic nitrogens is 2. The molecule has 40 heavy (non-hydrogen) atoms. The number of benzene rings is 2. The summed E-state index contributed by atoms with van der Waals surface area (Å²) in [6.07, 6.45) is 8.66. The lowest BCUT2D eigenvalue weighted by Gasteiger charge is -2.29. The van der Waals surface area contributed by atoms with Crippen LogP contribution in [0.1, 0.15) is 50.1 Å². The summed E-state index contributed by atoms with van der Waals surface area (Å²) in [5.74, 6) is 1.32. The number of carbonyl (C=O) groups is 2. The van der Waals surface area contributed by atoms with Gasteiger partial charge in [0.05, 0.1) is 17.8 Å². The third kappa shape index (κ3) is 6.81. The van der Waals surface area contributed by atoms with E-state index in [-0.39, 0.29) is 5.91 Å². The molecule has 0 aliphatic carbocycles. The summed E-state index contributed by atoms with van der Waals surface area (Å²) in [6, 6.07) is 14.6. The van der Waals surface area contributed by atoms with Gasteiger partial charge in [-0.25, -0.2) is 9.97 Å². The van der Waals surface area contributed by atoms with E-state index >= 15 is 0 Å². The van der Waals surface area contributed by atoms with Crippen LogP contribution in [0, 0.1) is 0 Å². The highest BCUT2D eigenvalue weighted by Crippen LogP contribution is 2.32. The smallest absolute Gasteiger partial charge is 0.222 e. The van der Waals surface area contributed by atoms with Crippen LogP contribution in [-0.2, 0) is 9.59 Å². The number of amides is 2. The van der Waals surface area contributed by atoms with Crippen molar-refractivity contribution in [1.82, 2.24) is 19.8 Å². The van der Waals surface area contributed by atoms with Crippen molar-refractivity contribution < 1.29 is 14.3 Å². The fraction of sp³-hybridized carbons (Fsp3) is 0.484. The van der Waals surface area contributed by atoms with Crippen molar-refractivity contribution in [3.05, 3.63) is 54.5 Å². The molecule has 2 aromatic carbocycles. The number of rotatable bonds is 8. The first-order valence-electron chi connectivity index (χ1n) is 14.5. The number of piperidine rings is 1. The average Bonchev–Trinajstić information content (AvgIpc) is 3.70. The maximum absolute atomic E-state index is 11.6. The van der Waals surface area contributed by atoms with E-state index < -0.39 is 0 Å². The van der Waals surface area contributed by atoms with E-state index in [1.165, 1.54) is 37.3 Å². The number of nitrogens with zero attached hydrogens (tertiary/aromatic N) is 5. The fourth-order valence-electron chi connectivity index (χ4n) is 5.78. The molecular weight excluding hydrogens is 504 g/mol. The molecule has 3 fully saturated rings. The van der Waals surface area contributed by atoms with Crippen LogP contribution in [0.4, 0.5) is 11.4 Å². The van der Waals surface area contributed by atoms with E-state index in [1.54, 1.807) is 6.33 Å². The summed E-state index contributed by atoms with van der Waals surface area (Å²) in [6.45, 7) is 5.93. The predicted octanol–water partition coefficient (Wildman–Crippen LogP) is 4.30. The van der Waals surface area contributed by atoms with Crippen molar-refractivity contribution >= 4 is 34.6 Å². The van der Waals surface area contributed by atoms with Gasteiger partial charge in [0.25, 0.3) is 0 Å². The van der Waals surface area contributed by atoms with Crippen LogP contribution >= 0.6 is 0 Å². The zero-order valence-corrected chi connectivity index (χ0v) is 23.4. The molecule has 9 nitrogen and oxygen atoms in total. The summed E-state index contributed by atoms with van der Waals surface area (Å²) in [4.78, 5) is 37.6. The Kier molecular flexibility index (Phi) is 9.31. The molecule has 3 aromatic rings. The van der Waals surface area contributed by atoms with Gasteiger partial charge in [-0.1, -0.05) is 0 Å². The Morgan fingerprint density at radius 3 is 2.42 bits per heavy atom. The molecule has 0 radical (unpaired) electrons. The first-order chi connectivity index (χ1) is 19.6. The number of hydrogen-bond acceptors (Lipinski definition) is 7. The van der Waals surface area contributed by atoms with E-state index in [9.17, 15) is 9.59 Å². The van der Waals surface area contributed by atoms with E-state index in [2.05, 4.69) is 44.5 Å². The fourth-order valence-corrected chi connectivity index (χ4v) is 5.78. The molecule has 0 atom stereocenters. The van der Waals surface area contributed by atoms with Gasteiger partial charge in [-0.2, -0.15) is 0 Å². The van der Waals surface area contributed by atoms with Crippen molar-refractivity contribution in [2.75, 3.05) is 63.1 Å². The number of hydrogen-bond donors (Lipinski definition) is 1. The largest absolute Gasteiger partial charge is 0.492 e. The van der Waals surface area contributed by atoms with Crippen molar-refractivity contribution in [3.8, 4) is 5.75 Å². The zero-order chi connectivity index (χ0) is 27.7. The van der Waals surface area contributed by atoms with Crippen LogP contribution in [0.15, 0.2) is 48.8 Å². The quantitative estimate of drug-likeness (QED) is 0.423. The van der Waals surface area contributed by atoms with Crippen molar-refractivity contribution in [1.29, 1.82) is 0 Å². The summed E-state index contributed by atoms with van der Waals surface area (Å²) in [7, 11) is 1.95. The number of likely N-dealkylation sites (tertiary alicyclic amines) is 2. The third-order valence-corrected chi connectivity index (χ3v) is 8.13. The highest BCUT2D eigenvalue weighted by Gasteiger charge is 2.23. The summed E-state index contributed by atoms with van der Waals surface area (Å²) < 4.78 is 5.84. The Bertz CT molecular complexity index is 1270. The highest BCUT2D eigenvalue weighted by molar-refractivity contribution is 5.82. The lowest BCUT2D eigenvalue weighted by atomic mass is 9.91. The van der Waals surface area contributed by atoms with E-state index in [1.807, 2.05) is 35.0 Å². The van der Waals surface area contributed by atoms with Gasteiger partial charge in [-0.05, 0) is 68.5 Å². The summed E-state index contributed by atoms with van der Waals surface area (Å²) in [5, 5.41) is 4.17. The molecule has 4 heterocycles. The van der Waals surface area contributed by atoms with Crippen molar-refractivity contribution in [3.63, 3.8) is 0 Å². The topological polar surface area (TPSA) is 90.9 Å². The molecule has 9 heteroatoms. The molecule has 1 aromatic heterocycles. The zero-order valence-electron chi connectivity index (χ0n) is 23.4. The van der Waals surface area contributed by atoms with Crippen LogP contribution < -0.4 is 15.0 Å². The standard InChI is InChI=1S/C20H24N4O3.C11H16N2/c25-14-23-8-5-15(6-9-23)20-17-4-3-16(12-18(17)21-13-22-20)27-11-10-24-7-1-2-19(24)26;1-12-10-4-6-11(7-5-10)13-8-2-3-9-13/h3-4,12-15H,1-2,5-11H2;4-7,12H,2-3,8-9H2,1H3. The number of nitrogens with one attached hydrogen (secondary N) is 1. The van der Waals surface area contributed by atoms with Gasteiger partial charge in [0.15, 0.2) is 0 Å². The molecule has 0 unspecified atom stereocenters. The van der Waals surface area contributed by atoms with Gasteiger partial charge in [-0.15, -0.1) is 0 Å². The van der Waals surface area contributed by atoms with Crippen LogP contribution in [0.2, 0.25) is 0 Å². The molecule has 3 aliphatic heterocycles. The molecule has 6 rings (SSSR count). The number of fused-ring (bicyclic) bond motifs is 1. The molecule has 0 spiro atoms. The molecule has 0 saturated carbocycles. The van der Waals surface area contributed by atoms with Crippen LogP contribution in [0.3, 0.4) is 0 Å². The second-order valence-corrected chi connectivity index (χ2v) is 10.7. The molecule has 2 amide bonds. The Morgan fingerprint density at radius 2 is 1.75 bits per heavy atom. The molecular formula is C31H40N6O3. The first-order valence-corrected chi connectivity index (χ1v) is 14.5. The maximum atomic E-state index is 11.6. The van der Waals surface area contributed by atoms with E-state index in [0.29, 0.717) is 25.5 Å². The minimum atomic E-state index is 0.218. The maximum Gasteiger partial charge on any atom is 0.222 e. The monoisotopic (exact) mass is 544 g/mol. The molecule has 1 N–H and O–H groups in total. The van der Waals surface area contributed by atoms with Gasteiger partial charge in [0, 0.05) is 74.9 Å². The minimum Gasteiger partial charge on any atom is -0.492 e. The van der Waals surface area contributed by atoms with Crippen LogP contribution in [-0.4, -0.2) is 85.0 Å². The second-order valence-electron chi connectivity index (χ2n) is 10.7. The van der Waals surface area contributed by atoms with Gasteiger partial charge >= 0.3 is 0 Å². The highest BCUT2D eigenvalue weighted by atomic mass is 16.5. The SMILES string of the molecule is CNc1ccc(N2CCCC2)cc1.O=CN1CCC(c2ncnc3cc(OCCN4CCCC4=O)ccc23)CC1. The number of carbonyl (C=O) groups excluding carboxylic acids is 2. The van der Waals surface area contributed by atoms with Crippen LogP contribution in [0.25, 0.3) is 10.9 Å². The molecule has 3 aliphatic rings. The molecule has 3 saturated heterocycles. The van der Waals surface area contributed by atoms with Gasteiger partial charge in [0.2, 0.25) is 12.3 Å². The van der Waals surface area contributed by atoms with E-state index in [4.69, 9.17) is 4.74 Å². The Balaban J connectivity index is 0.000000207. The Morgan fingerprint density at radius 1 is 0.975 bits per heavy atom. The van der Waals surface area contributed by atoms with E-state index in [0.717, 1.165) is 67.7 Å². The third-order valence-electron chi connectivity index (χ3n) is 8.13. The second kappa shape index (κ2) is 13.5. The number of anilines is 2. The lowest BCUT2D eigenvalue weighted by molar-refractivity contribution is -0.128. The molecule has 212 valence electrons. The van der Waals surface area contributed by atoms with Gasteiger partial charge in [0.1, 0.15) is 18.7 Å². The van der Waals surface area contributed by atoms with Gasteiger partial charge in [-0.3, -0.25) is 9.59 Å². The Labute approximate surface area is 236 Å². The number of ether oxygens (including phenoxy) is 1.